The summed E-state index contributed by atoms with van der Waals surface area (Å²) < 4.78 is 10.8. The highest BCUT2D eigenvalue weighted by Crippen LogP contribution is 2.19. The molecule has 0 spiro atoms. The molecular formula is C15H17N3O2. The number of methoxy groups -OCH3 is 1. The lowest BCUT2D eigenvalue weighted by Crippen LogP contribution is -2.13. The average molecular weight is 271 g/mol. The molecule has 5 heteroatoms. The molecule has 5 nitrogen and oxygen atoms in total. The minimum absolute atomic E-state index is 0.542. The molecule has 0 atom stereocenters. The van der Waals surface area contributed by atoms with Gasteiger partial charge in [0.2, 0.25) is 5.89 Å². The molecule has 0 aliphatic carbocycles. The average Bonchev–Trinajstić information content (AvgIpc) is 2.95. The van der Waals surface area contributed by atoms with E-state index in [1.165, 1.54) is 0 Å². The van der Waals surface area contributed by atoms with Crippen LogP contribution in [0.3, 0.4) is 0 Å². The van der Waals surface area contributed by atoms with E-state index in [0.29, 0.717) is 24.5 Å². The van der Waals surface area contributed by atoms with Gasteiger partial charge in [0.25, 0.3) is 0 Å². The van der Waals surface area contributed by atoms with Crippen LogP contribution >= 0.6 is 0 Å². The second-order valence-corrected chi connectivity index (χ2v) is 4.32. The summed E-state index contributed by atoms with van der Waals surface area (Å²) in [6.45, 7) is 3.15. The standard InChI is InChI=1S/C15H17N3O2/c1-3-13-9-18-15(20-13)10-17-8-12-6-11(7-16)4-5-14(12)19-2/h4-6,9,17H,3,8,10H2,1-2H3. The van der Waals surface area contributed by atoms with Crippen LogP contribution in [0, 0.1) is 11.3 Å². The largest absolute Gasteiger partial charge is 0.496 e. The maximum atomic E-state index is 8.92. The topological polar surface area (TPSA) is 71.1 Å². The highest BCUT2D eigenvalue weighted by Gasteiger charge is 2.06. The summed E-state index contributed by atoms with van der Waals surface area (Å²) in [5.74, 6) is 2.31. The van der Waals surface area contributed by atoms with Crippen LogP contribution in [0.2, 0.25) is 0 Å². The number of hydrogen-bond donors (Lipinski definition) is 1. The summed E-state index contributed by atoms with van der Waals surface area (Å²) in [5, 5.41) is 12.2. The van der Waals surface area contributed by atoms with E-state index in [9.17, 15) is 0 Å². The third kappa shape index (κ3) is 3.37. The Morgan fingerprint density at radius 3 is 2.90 bits per heavy atom. The highest BCUT2D eigenvalue weighted by molar-refractivity contribution is 5.41. The van der Waals surface area contributed by atoms with Gasteiger partial charge in [-0.15, -0.1) is 0 Å². The smallest absolute Gasteiger partial charge is 0.208 e. The molecular weight excluding hydrogens is 254 g/mol. The van der Waals surface area contributed by atoms with Gasteiger partial charge in [0.1, 0.15) is 11.5 Å². The predicted octanol–water partition coefficient (Wildman–Crippen LogP) is 2.41. The monoisotopic (exact) mass is 271 g/mol. The fourth-order valence-corrected chi connectivity index (χ4v) is 1.88. The molecule has 20 heavy (non-hydrogen) atoms. The number of aryl methyl sites for hydroxylation is 1. The van der Waals surface area contributed by atoms with E-state index in [1.807, 2.05) is 13.0 Å². The summed E-state index contributed by atoms with van der Waals surface area (Å²) in [5.41, 5.74) is 1.56. The predicted molar refractivity (Wildman–Crippen MR) is 74.1 cm³/mol. The van der Waals surface area contributed by atoms with Crippen LogP contribution in [0.4, 0.5) is 0 Å². The molecule has 0 aliphatic heterocycles. The molecule has 2 rings (SSSR count). The SMILES string of the molecule is CCc1cnc(CNCc2cc(C#N)ccc2OC)o1. The van der Waals surface area contributed by atoms with Gasteiger partial charge in [-0.05, 0) is 18.2 Å². The minimum atomic E-state index is 0.542. The lowest BCUT2D eigenvalue weighted by Gasteiger charge is -2.09. The van der Waals surface area contributed by atoms with E-state index in [-0.39, 0.29) is 0 Å². The van der Waals surface area contributed by atoms with Crippen molar-refractivity contribution in [3.05, 3.63) is 47.2 Å². The Labute approximate surface area is 118 Å². The van der Waals surface area contributed by atoms with Gasteiger partial charge in [0.15, 0.2) is 0 Å². The zero-order chi connectivity index (χ0) is 14.4. The zero-order valence-corrected chi connectivity index (χ0v) is 11.6. The normalized spacial score (nSPS) is 10.2. The molecule has 0 unspecified atom stereocenters. The fourth-order valence-electron chi connectivity index (χ4n) is 1.88. The van der Waals surface area contributed by atoms with Gasteiger partial charge in [-0.25, -0.2) is 4.98 Å². The third-order valence-corrected chi connectivity index (χ3v) is 2.95. The van der Waals surface area contributed by atoms with Gasteiger partial charge in [-0.2, -0.15) is 5.26 Å². The van der Waals surface area contributed by atoms with Crippen LogP contribution in [-0.4, -0.2) is 12.1 Å². The molecule has 1 aromatic carbocycles. The summed E-state index contributed by atoms with van der Waals surface area (Å²) in [4.78, 5) is 4.18. The van der Waals surface area contributed by atoms with Crippen molar-refractivity contribution in [1.82, 2.24) is 10.3 Å². The molecule has 0 saturated carbocycles. The van der Waals surface area contributed by atoms with Crippen LogP contribution in [0.15, 0.2) is 28.8 Å². The van der Waals surface area contributed by atoms with Crippen LogP contribution in [0.5, 0.6) is 5.75 Å². The Hall–Kier alpha value is -2.32. The number of oxazole rings is 1. The molecule has 1 aromatic heterocycles. The van der Waals surface area contributed by atoms with E-state index in [2.05, 4.69) is 16.4 Å². The second-order valence-electron chi connectivity index (χ2n) is 4.32. The van der Waals surface area contributed by atoms with Crippen molar-refractivity contribution in [3.63, 3.8) is 0 Å². The lowest BCUT2D eigenvalue weighted by molar-refractivity contribution is 0.404. The van der Waals surface area contributed by atoms with Crippen molar-refractivity contribution in [2.24, 2.45) is 0 Å². The first kappa shape index (κ1) is 14.1. The number of benzene rings is 1. The first-order chi connectivity index (χ1) is 9.76. The number of aromatic nitrogens is 1. The van der Waals surface area contributed by atoms with Crippen molar-refractivity contribution >= 4 is 0 Å². The molecule has 0 aliphatic rings. The second kappa shape index (κ2) is 6.73. The highest BCUT2D eigenvalue weighted by atomic mass is 16.5. The molecule has 2 aromatic rings. The first-order valence-electron chi connectivity index (χ1n) is 6.48. The number of ether oxygens (including phenoxy) is 1. The minimum Gasteiger partial charge on any atom is -0.496 e. The number of hydrogen-bond acceptors (Lipinski definition) is 5. The van der Waals surface area contributed by atoms with E-state index in [1.54, 1.807) is 25.4 Å². The zero-order valence-electron chi connectivity index (χ0n) is 11.6. The number of nitrogens with one attached hydrogen (secondary N) is 1. The maximum Gasteiger partial charge on any atom is 0.208 e. The van der Waals surface area contributed by atoms with Crippen LogP contribution in [0.25, 0.3) is 0 Å². The van der Waals surface area contributed by atoms with Gasteiger partial charge in [-0.1, -0.05) is 6.92 Å². The van der Waals surface area contributed by atoms with E-state index in [4.69, 9.17) is 14.4 Å². The van der Waals surface area contributed by atoms with Crippen molar-refractivity contribution in [1.29, 1.82) is 5.26 Å². The van der Waals surface area contributed by atoms with Gasteiger partial charge in [0.05, 0.1) is 31.5 Å². The van der Waals surface area contributed by atoms with Crippen molar-refractivity contribution in [2.75, 3.05) is 7.11 Å². The quantitative estimate of drug-likeness (QED) is 0.873. The summed E-state index contributed by atoms with van der Waals surface area (Å²) in [6.07, 6.45) is 2.58. The van der Waals surface area contributed by atoms with Gasteiger partial charge >= 0.3 is 0 Å². The molecule has 0 bridgehead atoms. The molecule has 0 fully saturated rings. The summed E-state index contributed by atoms with van der Waals surface area (Å²) >= 11 is 0. The Balaban J connectivity index is 1.98. The number of nitriles is 1. The van der Waals surface area contributed by atoms with Crippen LogP contribution in [0.1, 0.15) is 29.7 Å². The number of rotatable bonds is 6. The molecule has 0 amide bonds. The lowest BCUT2D eigenvalue weighted by atomic mass is 10.1. The molecule has 0 radical (unpaired) electrons. The molecule has 1 N–H and O–H groups in total. The van der Waals surface area contributed by atoms with Gasteiger partial charge in [-0.3, -0.25) is 0 Å². The Kier molecular flexibility index (Phi) is 4.75. The van der Waals surface area contributed by atoms with E-state index >= 15 is 0 Å². The van der Waals surface area contributed by atoms with Crippen molar-refractivity contribution in [3.8, 4) is 11.8 Å². The molecule has 1 heterocycles. The van der Waals surface area contributed by atoms with E-state index < -0.39 is 0 Å². The Morgan fingerprint density at radius 2 is 2.25 bits per heavy atom. The molecule has 0 saturated heterocycles. The Bertz CT molecular complexity index is 614. The third-order valence-electron chi connectivity index (χ3n) is 2.95. The van der Waals surface area contributed by atoms with Crippen molar-refractivity contribution < 1.29 is 9.15 Å². The first-order valence-corrected chi connectivity index (χ1v) is 6.48. The van der Waals surface area contributed by atoms with E-state index in [0.717, 1.165) is 23.5 Å². The maximum absolute atomic E-state index is 8.92. The van der Waals surface area contributed by atoms with Crippen LogP contribution in [-0.2, 0) is 19.5 Å². The summed E-state index contributed by atoms with van der Waals surface area (Å²) in [7, 11) is 1.62. The van der Waals surface area contributed by atoms with Crippen molar-refractivity contribution in [2.45, 2.75) is 26.4 Å². The summed E-state index contributed by atoms with van der Waals surface area (Å²) in [6, 6.07) is 7.48. The molecule has 104 valence electrons. The van der Waals surface area contributed by atoms with Crippen LogP contribution < -0.4 is 10.1 Å². The number of nitrogens with zero attached hydrogens (tertiary/aromatic N) is 2. The fraction of sp³-hybridized carbons (Fsp3) is 0.333. The Morgan fingerprint density at radius 1 is 1.40 bits per heavy atom. The van der Waals surface area contributed by atoms with Gasteiger partial charge in [0, 0.05) is 18.5 Å². The van der Waals surface area contributed by atoms with Gasteiger partial charge < -0.3 is 14.5 Å².